The van der Waals surface area contributed by atoms with Crippen LogP contribution in [0.4, 0.5) is 0 Å². The van der Waals surface area contributed by atoms with E-state index >= 15 is 0 Å². The summed E-state index contributed by atoms with van der Waals surface area (Å²) in [6.07, 6.45) is 0. The van der Waals surface area contributed by atoms with Gasteiger partial charge < -0.3 is 9.84 Å². The van der Waals surface area contributed by atoms with Crippen molar-refractivity contribution in [2.24, 2.45) is 0 Å². The molecule has 76 valence electrons. The molecule has 0 aliphatic carbocycles. The summed E-state index contributed by atoms with van der Waals surface area (Å²) in [6, 6.07) is 1.58. The van der Waals surface area contributed by atoms with Crippen molar-refractivity contribution >= 4 is 40.5 Å². The van der Waals surface area contributed by atoms with E-state index < -0.39 is 5.97 Å². The Balaban J connectivity index is 2.67. The van der Waals surface area contributed by atoms with Gasteiger partial charge in [-0.3, -0.25) is 0 Å². The van der Waals surface area contributed by atoms with E-state index in [1.807, 2.05) is 0 Å². The Bertz CT molecular complexity index is 359. The molecular formula is C8H6Cl2O3S. The van der Waals surface area contributed by atoms with Gasteiger partial charge in [0.25, 0.3) is 0 Å². The largest absolute Gasteiger partial charge is 0.486 e. The monoisotopic (exact) mass is 252 g/mol. The molecule has 0 unspecified atom stereocenters. The van der Waals surface area contributed by atoms with Crippen LogP contribution >= 0.6 is 34.5 Å². The van der Waals surface area contributed by atoms with Crippen LogP contribution in [0.15, 0.2) is 22.0 Å². The number of carboxylic acid groups (broad SMARTS) is 1. The van der Waals surface area contributed by atoms with Crippen molar-refractivity contribution in [1.29, 1.82) is 0 Å². The van der Waals surface area contributed by atoms with E-state index in [4.69, 9.17) is 33.0 Å². The molecule has 0 saturated heterocycles. The SMILES string of the molecule is O=C(O)c1sccc1OCC(Cl)=CCl. The van der Waals surface area contributed by atoms with Gasteiger partial charge in [-0.25, -0.2) is 4.79 Å². The van der Waals surface area contributed by atoms with E-state index in [0.29, 0.717) is 10.8 Å². The Morgan fingerprint density at radius 2 is 2.43 bits per heavy atom. The molecule has 1 N–H and O–H groups in total. The predicted molar refractivity (Wildman–Crippen MR) is 56.6 cm³/mol. The van der Waals surface area contributed by atoms with Gasteiger partial charge in [-0.05, 0) is 11.4 Å². The molecule has 0 amide bonds. The third kappa shape index (κ3) is 2.90. The highest BCUT2D eigenvalue weighted by atomic mass is 35.5. The fraction of sp³-hybridized carbons (Fsp3) is 0.125. The van der Waals surface area contributed by atoms with Gasteiger partial charge in [-0.1, -0.05) is 23.2 Å². The van der Waals surface area contributed by atoms with E-state index in [2.05, 4.69) is 0 Å². The molecule has 0 spiro atoms. The van der Waals surface area contributed by atoms with E-state index in [1.165, 1.54) is 5.54 Å². The van der Waals surface area contributed by atoms with Crippen LogP contribution in [-0.4, -0.2) is 17.7 Å². The van der Waals surface area contributed by atoms with Crippen LogP contribution in [0.3, 0.4) is 0 Å². The van der Waals surface area contributed by atoms with Crippen LogP contribution in [0.2, 0.25) is 0 Å². The summed E-state index contributed by atoms with van der Waals surface area (Å²) in [5, 5.41) is 10.7. The minimum absolute atomic E-state index is 0.0715. The quantitative estimate of drug-likeness (QED) is 0.896. The third-order valence-electron chi connectivity index (χ3n) is 1.31. The number of halogens is 2. The van der Waals surface area contributed by atoms with E-state index in [9.17, 15) is 4.79 Å². The van der Waals surface area contributed by atoms with Crippen LogP contribution < -0.4 is 4.74 Å². The number of carboxylic acids is 1. The van der Waals surface area contributed by atoms with Gasteiger partial charge in [-0.2, -0.15) is 0 Å². The van der Waals surface area contributed by atoms with Gasteiger partial charge >= 0.3 is 5.97 Å². The summed E-state index contributed by atoms with van der Waals surface area (Å²) < 4.78 is 5.14. The lowest BCUT2D eigenvalue weighted by atomic mass is 10.4. The van der Waals surface area contributed by atoms with Crippen molar-refractivity contribution in [1.82, 2.24) is 0 Å². The van der Waals surface area contributed by atoms with Gasteiger partial charge in [0.1, 0.15) is 12.4 Å². The third-order valence-corrected chi connectivity index (χ3v) is 2.78. The predicted octanol–water partition coefficient (Wildman–Crippen LogP) is 3.14. The topological polar surface area (TPSA) is 46.5 Å². The molecule has 0 bridgehead atoms. The summed E-state index contributed by atoms with van der Waals surface area (Å²) >= 11 is 12.0. The number of carbonyl (C=O) groups is 1. The van der Waals surface area contributed by atoms with Crippen LogP contribution in [0, 0.1) is 0 Å². The number of rotatable bonds is 4. The maximum atomic E-state index is 10.7. The molecular weight excluding hydrogens is 247 g/mol. The zero-order chi connectivity index (χ0) is 10.6. The van der Waals surface area contributed by atoms with Crippen LogP contribution in [0.5, 0.6) is 5.75 Å². The molecule has 3 nitrogen and oxygen atoms in total. The van der Waals surface area contributed by atoms with Crippen molar-refractivity contribution in [3.05, 3.63) is 26.9 Å². The van der Waals surface area contributed by atoms with Crippen molar-refractivity contribution in [2.75, 3.05) is 6.61 Å². The Kier molecular flexibility index (Phi) is 4.25. The maximum Gasteiger partial charge on any atom is 0.349 e. The van der Waals surface area contributed by atoms with Crippen LogP contribution in [0.1, 0.15) is 9.67 Å². The highest BCUT2D eigenvalue weighted by molar-refractivity contribution is 7.12. The number of aromatic carboxylic acids is 1. The molecule has 6 heteroatoms. The van der Waals surface area contributed by atoms with Gasteiger partial charge in [0.05, 0.1) is 5.03 Å². The van der Waals surface area contributed by atoms with Crippen molar-refractivity contribution in [3.63, 3.8) is 0 Å². The Hall–Kier alpha value is -0.710. The number of hydrogen-bond acceptors (Lipinski definition) is 3. The Morgan fingerprint density at radius 3 is 3.00 bits per heavy atom. The fourth-order valence-corrected chi connectivity index (χ4v) is 1.53. The lowest BCUT2D eigenvalue weighted by molar-refractivity contribution is 0.0698. The molecule has 1 aromatic heterocycles. The first-order valence-corrected chi connectivity index (χ1v) is 5.23. The zero-order valence-corrected chi connectivity index (χ0v) is 9.20. The zero-order valence-electron chi connectivity index (χ0n) is 6.87. The highest BCUT2D eigenvalue weighted by Gasteiger charge is 2.12. The highest BCUT2D eigenvalue weighted by Crippen LogP contribution is 2.25. The molecule has 0 radical (unpaired) electrons. The summed E-state index contributed by atoms with van der Waals surface area (Å²) in [4.78, 5) is 10.8. The van der Waals surface area contributed by atoms with Crippen LogP contribution in [-0.2, 0) is 0 Å². The lowest BCUT2D eigenvalue weighted by Crippen LogP contribution is -2.01. The molecule has 1 aromatic rings. The first kappa shape index (κ1) is 11.4. The van der Waals surface area contributed by atoms with Crippen molar-refractivity contribution < 1.29 is 14.6 Å². The average molecular weight is 253 g/mol. The average Bonchev–Trinajstić information content (AvgIpc) is 2.62. The van der Waals surface area contributed by atoms with E-state index in [-0.39, 0.29) is 11.5 Å². The van der Waals surface area contributed by atoms with Gasteiger partial charge in [0.15, 0.2) is 4.88 Å². The normalized spacial score (nSPS) is 11.4. The summed E-state index contributed by atoms with van der Waals surface area (Å²) in [5.74, 6) is -0.708. The lowest BCUT2D eigenvalue weighted by Gasteiger charge is -2.03. The van der Waals surface area contributed by atoms with E-state index in [0.717, 1.165) is 11.3 Å². The molecule has 0 aliphatic rings. The number of thiophene rings is 1. The minimum atomic E-state index is -1.01. The molecule has 14 heavy (non-hydrogen) atoms. The van der Waals surface area contributed by atoms with Gasteiger partial charge in [-0.15, -0.1) is 11.3 Å². The molecule has 0 atom stereocenters. The Morgan fingerprint density at radius 1 is 1.71 bits per heavy atom. The minimum Gasteiger partial charge on any atom is -0.486 e. The van der Waals surface area contributed by atoms with E-state index in [1.54, 1.807) is 11.4 Å². The molecule has 1 rings (SSSR count). The van der Waals surface area contributed by atoms with Crippen molar-refractivity contribution in [2.45, 2.75) is 0 Å². The van der Waals surface area contributed by atoms with Crippen LogP contribution in [0.25, 0.3) is 0 Å². The smallest absolute Gasteiger partial charge is 0.349 e. The second-order valence-electron chi connectivity index (χ2n) is 2.26. The standard InChI is InChI=1S/C8H6Cl2O3S/c9-3-5(10)4-13-6-1-2-14-7(6)8(11)12/h1-3H,4H2,(H,11,12). The summed E-state index contributed by atoms with van der Waals surface area (Å²) in [7, 11) is 0. The molecule has 0 saturated carbocycles. The number of ether oxygens (including phenoxy) is 1. The first-order chi connectivity index (χ1) is 6.65. The second kappa shape index (κ2) is 5.24. The molecule has 0 aliphatic heterocycles. The maximum absolute atomic E-state index is 10.7. The van der Waals surface area contributed by atoms with Gasteiger partial charge in [0.2, 0.25) is 0 Å². The Labute approximate surface area is 94.5 Å². The second-order valence-corrected chi connectivity index (χ2v) is 3.88. The summed E-state index contributed by atoms with van der Waals surface area (Å²) in [5.41, 5.74) is 1.17. The first-order valence-electron chi connectivity index (χ1n) is 3.53. The van der Waals surface area contributed by atoms with Crippen molar-refractivity contribution in [3.8, 4) is 5.75 Å². The van der Waals surface area contributed by atoms with Gasteiger partial charge in [0, 0.05) is 5.54 Å². The molecule has 1 heterocycles. The fourth-order valence-electron chi connectivity index (χ4n) is 0.745. The molecule has 0 aromatic carbocycles. The summed E-state index contributed by atoms with van der Waals surface area (Å²) in [6.45, 7) is 0.0715. The molecule has 0 fully saturated rings. The number of hydrogen-bond donors (Lipinski definition) is 1.